The molecule has 1 aromatic carbocycles. The molecule has 0 atom stereocenters. The third-order valence-electron chi connectivity index (χ3n) is 1.81. The second-order valence-electron chi connectivity index (χ2n) is 2.79. The fourth-order valence-corrected chi connectivity index (χ4v) is 1.20. The Morgan fingerprint density at radius 1 is 1.57 bits per heavy atom. The van der Waals surface area contributed by atoms with Gasteiger partial charge in [0.2, 0.25) is 0 Å². The maximum absolute atomic E-state index is 5.23. The van der Waals surface area contributed by atoms with Crippen LogP contribution < -0.4 is 11.2 Å². The number of hydrazone groups is 1. The molecule has 0 aromatic heterocycles. The maximum Gasteiger partial charge on any atom is 0.184 e. The van der Waals surface area contributed by atoms with Gasteiger partial charge in [0.1, 0.15) is 0 Å². The van der Waals surface area contributed by atoms with Crippen LogP contribution >= 0.6 is 12.2 Å². The van der Waals surface area contributed by atoms with Crippen LogP contribution in [-0.4, -0.2) is 11.3 Å². The maximum atomic E-state index is 5.23. The normalized spacial score (nSPS) is 10.4. The van der Waals surface area contributed by atoms with Gasteiger partial charge < -0.3 is 5.73 Å². The van der Waals surface area contributed by atoms with Gasteiger partial charge in [-0.1, -0.05) is 31.2 Å². The summed E-state index contributed by atoms with van der Waals surface area (Å²) in [6, 6.07) is 8.06. The van der Waals surface area contributed by atoms with Gasteiger partial charge in [0.25, 0.3) is 0 Å². The van der Waals surface area contributed by atoms with Crippen molar-refractivity contribution in [2.45, 2.75) is 13.3 Å². The fraction of sp³-hybridized carbons (Fsp3) is 0.200. The molecule has 0 aliphatic carbocycles. The smallest absolute Gasteiger partial charge is 0.184 e. The number of nitrogens with two attached hydrogens (primary N) is 1. The second kappa shape index (κ2) is 5.34. The zero-order valence-electron chi connectivity index (χ0n) is 8.03. The average molecular weight is 207 g/mol. The Morgan fingerprint density at radius 3 is 2.93 bits per heavy atom. The van der Waals surface area contributed by atoms with Crippen LogP contribution in [0.15, 0.2) is 29.4 Å². The number of hydrogen-bond acceptors (Lipinski definition) is 2. The number of hydrogen-bond donors (Lipinski definition) is 2. The van der Waals surface area contributed by atoms with Gasteiger partial charge in [-0.3, -0.25) is 5.43 Å². The van der Waals surface area contributed by atoms with E-state index in [0.717, 1.165) is 12.0 Å². The first-order valence-corrected chi connectivity index (χ1v) is 4.81. The van der Waals surface area contributed by atoms with E-state index in [1.165, 1.54) is 5.56 Å². The van der Waals surface area contributed by atoms with E-state index >= 15 is 0 Å². The van der Waals surface area contributed by atoms with Crippen molar-refractivity contribution in [3.63, 3.8) is 0 Å². The summed E-state index contributed by atoms with van der Waals surface area (Å²) in [5.41, 5.74) is 10.1. The van der Waals surface area contributed by atoms with Gasteiger partial charge in [-0.2, -0.15) is 5.10 Å². The van der Waals surface area contributed by atoms with Crippen LogP contribution in [0.5, 0.6) is 0 Å². The zero-order chi connectivity index (χ0) is 10.4. The Balaban J connectivity index is 2.75. The molecule has 0 fully saturated rings. The van der Waals surface area contributed by atoms with Crippen LogP contribution in [0.1, 0.15) is 18.1 Å². The standard InChI is InChI=1S/C10H13N3S/c1-2-8-5-3-4-6-9(8)7-12-13-10(11)14/h3-7H,2H2,1H3,(H3,11,13,14). The van der Waals surface area contributed by atoms with E-state index in [-0.39, 0.29) is 5.11 Å². The second-order valence-corrected chi connectivity index (χ2v) is 3.23. The van der Waals surface area contributed by atoms with Crippen molar-refractivity contribution in [3.05, 3.63) is 35.4 Å². The molecular formula is C10H13N3S. The van der Waals surface area contributed by atoms with E-state index in [9.17, 15) is 0 Å². The molecule has 4 heteroatoms. The molecule has 0 spiro atoms. The summed E-state index contributed by atoms with van der Waals surface area (Å²) >= 11 is 4.63. The summed E-state index contributed by atoms with van der Waals surface area (Å²) < 4.78 is 0. The van der Waals surface area contributed by atoms with Gasteiger partial charge in [-0.25, -0.2) is 0 Å². The Hall–Kier alpha value is -1.42. The summed E-state index contributed by atoms with van der Waals surface area (Å²) in [6.45, 7) is 2.10. The molecule has 3 nitrogen and oxygen atoms in total. The molecule has 74 valence electrons. The summed E-state index contributed by atoms with van der Waals surface area (Å²) in [6.07, 6.45) is 2.70. The summed E-state index contributed by atoms with van der Waals surface area (Å²) in [4.78, 5) is 0. The molecule has 0 amide bonds. The highest BCUT2D eigenvalue weighted by Crippen LogP contribution is 2.06. The molecule has 3 N–H and O–H groups in total. The van der Waals surface area contributed by atoms with Crippen molar-refractivity contribution in [1.82, 2.24) is 5.43 Å². The predicted octanol–water partition coefficient (Wildman–Crippen LogP) is 1.42. The Morgan fingerprint density at radius 2 is 2.29 bits per heavy atom. The van der Waals surface area contributed by atoms with Gasteiger partial charge >= 0.3 is 0 Å². The molecule has 14 heavy (non-hydrogen) atoms. The first kappa shape index (κ1) is 10.7. The number of rotatable bonds is 3. The Bertz CT molecular complexity index is 347. The summed E-state index contributed by atoms with van der Waals surface area (Å²) in [7, 11) is 0. The molecule has 0 aliphatic heterocycles. The molecule has 1 rings (SSSR count). The van der Waals surface area contributed by atoms with Gasteiger partial charge in [0.15, 0.2) is 5.11 Å². The Labute approximate surface area is 89.0 Å². The lowest BCUT2D eigenvalue weighted by molar-refractivity contribution is 1.04. The van der Waals surface area contributed by atoms with Crippen LogP contribution in [0, 0.1) is 0 Å². The molecule has 0 heterocycles. The first-order valence-electron chi connectivity index (χ1n) is 4.40. The predicted molar refractivity (Wildman–Crippen MR) is 63.3 cm³/mol. The largest absolute Gasteiger partial charge is 0.375 e. The van der Waals surface area contributed by atoms with Gasteiger partial charge in [0.05, 0.1) is 6.21 Å². The molecule has 0 saturated carbocycles. The number of aryl methyl sites for hydroxylation is 1. The van der Waals surface area contributed by atoms with E-state index < -0.39 is 0 Å². The minimum Gasteiger partial charge on any atom is -0.375 e. The highest BCUT2D eigenvalue weighted by atomic mass is 32.1. The van der Waals surface area contributed by atoms with Crippen LogP contribution in [0.3, 0.4) is 0 Å². The monoisotopic (exact) mass is 207 g/mol. The molecule has 0 saturated heterocycles. The number of nitrogens with one attached hydrogen (secondary N) is 1. The van der Waals surface area contributed by atoms with Gasteiger partial charge in [0, 0.05) is 0 Å². The Kier molecular flexibility index (Phi) is 4.07. The third-order valence-corrected chi connectivity index (χ3v) is 1.91. The lowest BCUT2D eigenvalue weighted by Gasteiger charge is -2.01. The fourth-order valence-electron chi connectivity index (χ4n) is 1.15. The van der Waals surface area contributed by atoms with Gasteiger partial charge in [-0.15, -0.1) is 0 Å². The number of thiocarbonyl (C=S) groups is 1. The van der Waals surface area contributed by atoms with Crippen LogP contribution in [-0.2, 0) is 6.42 Å². The van der Waals surface area contributed by atoms with Crippen LogP contribution in [0.25, 0.3) is 0 Å². The highest BCUT2D eigenvalue weighted by Gasteiger charge is 1.94. The van der Waals surface area contributed by atoms with E-state index in [1.54, 1.807) is 6.21 Å². The lowest BCUT2D eigenvalue weighted by Crippen LogP contribution is -2.24. The lowest BCUT2D eigenvalue weighted by atomic mass is 10.1. The molecule has 0 radical (unpaired) electrons. The van der Waals surface area contributed by atoms with E-state index in [2.05, 4.69) is 35.7 Å². The average Bonchev–Trinajstić information content (AvgIpc) is 2.18. The van der Waals surface area contributed by atoms with Crippen LogP contribution in [0.2, 0.25) is 0 Å². The van der Waals surface area contributed by atoms with Crippen LogP contribution in [0.4, 0.5) is 0 Å². The van der Waals surface area contributed by atoms with Crippen molar-refractivity contribution in [2.24, 2.45) is 10.8 Å². The molecule has 0 aliphatic rings. The molecular weight excluding hydrogens is 194 g/mol. The van der Waals surface area contributed by atoms with Gasteiger partial charge in [-0.05, 0) is 29.8 Å². The molecule has 0 unspecified atom stereocenters. The van der Waals surface area contributed by atoms with E-state index in [4.69, 9.17) is 5.73 Å². The minimum atomic E-state index is 0.176. The summed E-state index contributed by atoms with van der Waals surface area (Å²) in [5.74, 6) is 0. The number of nitrogens with zero attached hydrogens (tertiary/aromatic N) is 1. The quantitative estimate of drug-likeness (QED) is 0.448. The molecule has 0 bridgehead atoms. The minimum absolute atomic E-state index is 0.176. The van der Waals surface area contributed by atoms with E-state index in [1.807, 2.05) is 18.2 Å². The SMILES string of the molecule is CCc1ccccc1C=NNC(N)=S. The zero-order valence-corrected chi connectivity index (χ0v) is 8.84. The topological polar surface area (TPSA) is 50.4 Å². The van der Waals surface area contributed by atoms with E-state index in [0.29, 0.717) is 0 Å². The highest BCUT2D eigenvalue weighted by molar-refractivity contribution is 7.80. The van der Waals surface area contributed by atoms with Crippen molar-refractivity contribution in [1.29, 1.82) is 0 Å². The van der Waals surface area contributed by atoms with Crippen molar-refractivity contribution in [2.75, 3.05) is 0 Å². The van der Waals surface area contributed by atoms with Crippen molar-refractivity contribution >= 4 is 23.5 Å². The van der Waals surface area contributed by atoms with Crippen molar-refractivity contribution < 1.29 is 0 Å². The summed E-state index contributed by atoms with van der Waals surface area (Å²) in [5, 5.41) is 4.08. The van der Waals surface area contributed by atoms with Crippen molar-refractivity contribution in [3.8, 4) is 0 Å². The number of benzene rings is 1. The molecule has 1 aromatic rings. The first-order chi connectivity index (χ1) is 6.74. The third kappa shape index (κ3) is 3.14.